The largest absolute Gasteiger partial charge is 0.481 e. The fourth-order valence-electron chi connectivity index (χ4n) is 1.54. The van der Waals surface area contributed by atoms with Crippen LogP contribution < -0.4 is 5.32 Å². The molecule has 1 aromatic carbocycles. The van der Waals surface area contributed by atoms with Gasteiger partial charge in [0.2, 0.25) is 0 Å². The summed E-state index contributed by atoms with van der Waals surface area (Å²) in [5.74, 6) is -1.56. The molecule has 1 aromatic rings. The third-order valence-electron chi connectivity index (χ3n) is 3.29. The van der Waals surface area contributed by atoms with Gasteiger partial charge in [-0.1, -0.05) is 22.9 Å². The number of aliphatic carboxylic acids is 1. The lowest BCUT2D eigenvalue weighted by atomic mass is 9.87. The number of nitro groups is 1. The summed E-state index contributed by atoms with van der Waals surface area (Å²) in [6.07, 6.45) is 0.348. The quantitative estimate of drug-likeness (QED) is 0.599. The SMILES string of the molecule is CCC(C)(CNC(=O)c1cc(Br)cc([N+](=O)[O-])c1)C(=O)O. The number of halogens is 1. The molecule has 1 unspecified atom stereocenters. The smallest absolute Gasteiger partial charge is 0.311 e. The van der Waals surface area contributed by atoms with E-state index < -0.39 is 22.2 Å². The summed E-state index contributed by atoms with van der Waals surface area (Å²) in [4.78, 5) is 33.3. The minimum absolute atomic E-state index is 0.0576. The first-order chi connectivity index (χ1) is 9.69. The molecule has 0 bridgehead atoms. The third kappa shape index (κ3) is 4.25. The molecular weight excluding hydrogens is 344 g/mol. The van der Waals surface area contributed by atoms with Crippen molar-refractivity contribution in [3.8, 4) is 0 Å². The molecule has 8 heteroatoms. The number of benzene rings is 1. The van der Waals surface area contributed by atoms with E-state index >= 15 is 0 Å². The zero-order valence-electron chi connectivity index (χ0n) is 11.6. The van der Waals surface area contributed by atoms with Gasteiger partial charge >= 0.3 is 5.97 Å². The Kier molecular flexibility index (Phi) is 5.42. The predicted octanol–water partition coefficient (Wildman–Crippen LogP) is 2.59. The van der Waals surface area contributed by atoms with E-state index in [0.717, 1.165) is 6.07 Å². The summed E-state index contributed by atoms with van der Waals surface area (Å²) < 4.78 is 0.401. The highest BCUT2D eigenvalue weighted by Crippen LogP contribution is 2.23. The van der Waals surface area contributed by atoms with Crippen molar-refractivity contribution in [1.82, 2.24) is 5.32 Å². The van der Waals surface area contributed by atoms with Crippen LogP contribution in [-0.4, -0.2) is 28.5 Å². The highest BCUT2D eigenvalue weighted by Gasteiger charge is 2.31. The number of carbonyl (C=O) groups is 2. The van der Waals surface area contributed by atoms with Gasteiger partial charge in [0.1, 0.15) is 0 Å². The number of non-ortho nitro benzene ring substituents is 1. The van der Waals surface area contributed by atoms with Crippen LogP contribution in [0.4, 0.5) is 5.69 Å². The molecule has 7 nitrogen and oxygen atoms in total. The van der Waals surface area contributed by atoms with Gasteiger partial charge in [0, 0.05) is 28.7 Å². The standard InChI is InChI=1S/C13H15BrN2O5/c1-3-13(2,12(18)19)7-15-11(17)8-4-9(14)6-10(5-8)16(20)21/h4-6H,3,7H2,1-2H3,(H,15,17)(H,18,19). The second kappa shape index (κ2) is 6.66. The molecule has 0 saturated heterocycles. The van der Waals surface area contributed by atoms with Gasteiger partial charge in [-0.15, -0.1) is 0 Å². The van der Waals surface area contributed by atoms with E-state index in [1.165, 1.54) is 19.1 Å². The van der Waals surface area contributed by atoms with E-state index in [1.54, 1.807) is 6.92 Å². The van der Waals surface area contributed by atoms with Gasteiger partial charge in [0.25, 0.3) is 11.6 Å². The Morgan fingerprint density at radius 1 is 1.43 bits per heavy atom. The summed E-state index contributed by atoms with van der Waals surface area (Å²) >= 11 is 3.10. The lowest BCUT2D eigenvalue weighted by Crippen LogP contribution is -2.40. The van der Waals surface area contributed by atoms with E-state index in [2.05, 4.69) is 21.2 Å². The zero-order valence-corrected chi connectivity index (χ0v) is 13.1. The van der Waals surface area contributed by atoms with Gasteiger partial charge in [-0.25, -0.2) is 0 Å². The number of nitrogens with zero attached hydrogens (tertiary/aromatic N) is 1. The lowest BCUT2D eigenvalue weighted by molar-refractivity contribution is -0.385. The first-order valence-electron chi connectivity index (χ1n) is 6.16. The molecule has 1 atom stereocenters. The Labute approximate surface area is 129 Å². The van der Waals surface area contributed by atoms with E-state index in [4.69, 9.17) is 5.11 Å². The van der Waals surface area contributed by atoms with Crippen LogP contribution in [0.5, 0.6) is 0 Å². The average molecular weight is 359 g/mol. The van der Waals surface area contributed by atoms with Crippen LogP contribution >= 0.6 is 15.9 Å². The molecule has 0 fully saturated rings. The molecule has 1 rings (SSSR count). The molecule has 2 N–H and O–H groups in total. The Bertz CT molecular complexity index is 590. The van der Waals surface area contributed by atoms with Gasteiger partial charge in [-0.05, 0) is 19.4 Å². The number of amides is 1. The van der Waals surface area contributed by atoms with Crippen molar-refractivity contribution in [3.63, 3.8) is 0 Å². The summed E-state index contributed by atoms with van der Waals surface area (Å²) in [6.45, 7) is 3.18. The Balaban J connectivity index is 2.90. The maximum absolute atomic E-state index is 12.0. The summed E-state index contributed by atoms with van der Waals surface area (Å²) in [5, 5.41) is 22.4. The Morgan fingerprint density at radius 2 is 2.05 bits per heavy atom. The first-order valence-corrected chi connectivity index (χ1v) is 6.95. The Hall–Kier alpha value is -1.96. The summed E-state index contributed by atoms with van der Waals surface area (Å²) in [7, 11) is 0. The van der Waals surface area contributed by atoms with Gasteiger partial charge in [0.15, 0.2) is 0 Å². The van der Waals surface area contributed by atoms with Crippen LogP contribution in [0.3, 0.4) is 0 Å². The molecule has 0 radical (unpaired) electrons. The molecule has 0 aromatic heterocycles. The minimum Gasteiger partial charge on any atom is -0.481 e. The van der Waals surface area contributed by atoms with Gasteiger partial charge in [-0.3, -0.25) is 19.7 Å². The molecular formula is C13H15BrN2O5. The first kappa shape index (κ1) is 17.1. The van der Waals surface area contributed by atoms with Crippen LogP contribution in [0.25, 0.3) is 0 Å². The number of nitrogens with one attached hydrogen (secondary N) is 1. The molecule has 0 spiro atoms. The molecule has 1 amide bonds. The third-order valence-corrected chi connectivity index (χ3v) is 3.75. The zero-order chi connectivity index (χ0) is 16.2. The molecule has 0 aliphatic carbocycles. The summed E-state index contributed by atoms with van der Waals surface area (Å²) in [6, 6.07) is 3.86. The van der Waals surface area contributed by atoms with Crippen LogP contribution in [0.2, 0.25) is 0 Å². The monoisotopic (exact) mass is 358 g/mol. The Morgan fingerprint density at radius 3 is 2.52 bits per heavy atom. The number of carboxylic acid groups (broad SMARTS) is 1. The second-order valence-electron chi connectivity index (χ2n) is 4.86. The van der Waals surface area contributed by atoms with Crippen molar-refractivity contribution in [2.24, 2.45) is 5.41 Å². The molecule has 0 aliphatic heterocycles. The van der Waals surface area contributed by atoms with Crippen LogP contribution in [0.1, 0.15) is 30.6 Å². The fourth-order valence-corrected chi connectivity index (χ4v) is 2.02. The number of carbonyl (C=O) groups excluding carboxylic acids is 1. The minimum atomic E-state index is -1.08. The van der Waals surface area contributed by atoms with Crippen molar-refractivity contribution in [2.75, 3.05) is 6.54 Å². The molecule has 0 saturated carbocycles. The second-order valence-corrected chi connectivity index (χ2v) is 5.77. The average Bonchev–Trinajstić information content (AvgIpc) is 2.43. The number of rotatable bonds is 6. The van der Waals surface area contributed by atoms with Crippen molar-refractivity contribution in [1.29, 1.82) is 0 Å². The normalized spacial score (nSPS) is 13.3. The number of hydrogen-bond donors (Lipinski definition) is 2. The van der Waals surface area contributed by atoms with Crippen LogP contribution in [0.15, 0.2) is 22.7 Å². The van der Waals surface area contributed by atoms with Gasteiger partial charge < -0.3 is 10.4 Å². The molecule has 114 valence electrons. The van der Waals surface area contributed by atoms with E-state index in [9.17, 15) is 19.7 Å². The highest BCUT2D eigenvalue weighted by atomic mass is 79.9. The predicted molar refractivity (Wildman–Crippen MR) is 79.2 cm³/mol. The van der Waals surface area contributed by atoms with Crippen molar-refractivity contribution in [3.05, 3.63) is 38.3 Å². The number of hydrogen-bond acceptors (Lipinski definition) is 4. The van der Waals surface area contributed by atoms with Crippen molar-refractivity contribution < 1.29 is 19.6 Å². The van der Waals surface area contributed by atoms with E-state index in [-0.39, 0.29) is 17.8 Å². The van der Waals surface area contributed by atoms with Gasteiger partial charge in [0.05, 0.1) is 10.3 Å². The molecule has 0 heterocycles. The van der Waals surface area contributed by atoms with Gasteiger partial charge in [-0.2, -0.15) is 0 Å². The molecule has 0 aliphatic rings. The van der Waals surface area contributed by atoms with E-state index in [0.29, 0.717) is 10.9 Å². The van der Waals surface area contributed by atoms with Crippen LogP contribution in [0, 0.1) is 15.5 Å². The maximum Gasteiger partial charge on any atom is 0.311 e. The highest BCUT2D eigenvalue weighted by molar-refractivity contribution is 9.10. The van der Waals surface area contributed by atoms with Crippen LogP contribution in [-0.2, 0) is 4.79 Å². The van der Waals surface area contributed by atoms with Crippen molar-refractivity contribution >= 4 is 33.5 Å². The van der Waals surface area contributed by atoms with E-state index in [1.807, 2.05) is 0 Å². The summed E-state index contributed by atoms with van der Waals surface area (Å²) in [5.41, 5.74) is -1.20. The fraction of sp³-hybridized carbons (Fsp3) is 0.385. The molecule has 21 heavy (non-hydrogen) atoms. The number of nitro benzene ring substituents is 1. The van der Waals surface area contributed by atoms with Crippen molar-refractivity contribution in [2.45, 2.75) is 20.3 Å². The number of carboxylic acids is 1. The lowest BCUT2D eigenvalue weighted by Gasteiger charge is -2.23. The topological polar surface area (TPSA) is 110 Å². The maximum atomic E-state index is 12.0.